The summed E-state index contributed by atoms with van der Waals surface area (Å²) in [6, 6.07) is 10.3. The van der Waals surface area contributed by atoms with E-state index in [4.69, 9.17) is 4.74 Å². The molecular formula is C18H18BrN3O4. The molecule has 1 saturated heterocycles. The van der Waals surface area contributed by atoms with Gasteiger partial charge in [0.15, 0.2) is 0 Å². The Morgan fingerprint density at radius 1 is 1.27 bits per heavy atom. The first-order valence-corrected chi connectivity index (χ1v) is 8.91. The molecule has 1 aromatic carbocycles. The second-order valence-electron chi connectivity index (χ2n) is 5.89. The van der Waals surface area contributed by atoms with Crippen LogP contribution in [0.3, 0.4) is 0 Å². The van der Waals surface area contributed by atoms with E-state index in [1.54, 1.807) is 47.6 Å². The number of carbonyl (C=O) groups excluding carboxylic acids is 1. The van der Waals surface area contributed by atoms with Crippen LogP contribution >= 0.6 is 15.9 Å². The van der Waals surface area contributed by atoms with E-state index in [0.29, 0.717) is 17.9 Å². The standard InChI is InChI=1S/C18H18BrN3O4/c19-14-4-1-3-13(9-14)17(23)22-8-7-21(18(24)25)11-15(22)12-26-16-5-2-6-20-10-16/h1-6,9-10,15H,7-8,11-12H2,(H,24,25). The van der Waals surface area contributed by atoms with E-state index in [-0.39, 0.29) is 31.6 Å². The first-order chi connectivity index (χ1) is 12.5. The van der Waals surface area contributed by atoms with Crippen LogP contribution in [0.5, 0.6) is 5.75 Å². The summed E-state index contributed by atoms with van der Waals surface area (Å²) in [7, 11) is 0. The molecule has 1 aliphatic heterocycles. The van der Waals surface area contributed by atoms with Crippen molar-refractivity contribution in [1.82, 2.24) is 14.8 Å². The van der Waals surface area contributed by atoms with Crippen LogP contribution in [0.1, 0.15) is 10.4 Å². The third-order valence-corrected chi connectivity index (χ3v) is 4.66. The molecule has 0 saturated carbocycles. The lowest BCUT2D eigenvalue weighted by atomic mass is 10.1. The number of piperazine rings is 1. The van der Waals surface area contributed by atoms with Crippen LogP contribution in [0.2, 0.25) is 0 Å². The van der Waals surface area contributed by atoms with Crippen molar-refractivity contribution in [2.75, 3.05) is 26.2 Å². The molecule has 1 atom stereocenters. The van der Waals surface area contributed by atoms with Gasteiger partial charge in [0.25, 0.3) is 5.91 Å². The van der Waals surface area contributed by atoms with Gasteiger partial charge in [0.1, 0.15) is 12.4 Å². The van der Waals surface area contributed by atoms with Crippen molar-refractivity contribution in [2.24, 2.45) is 0 Å². The average molecular weight is 420 g/mol. The van der Waals surface area contributed by atoms with Gasteiger partial charge in [-0.1, -0.05) is 22.0 Å². The Bertz CT molecular complexity index is 787. The molecule has 1 fully saturated rings. The third-order valence-electron chi connectivity index (χ3n) is 4.16. The van der Waals surface area contributed by atoms with E-state index >= 15 is 0 Å². The molecule has 0 spiro atoms. The van der Waals surface area contributed by atoms with Gasteiger partial charge in [0.05, 0.1) is 12.2 Å². The molecule has 136 valence electrons. The summed E-state index contributed by atoms with van der Waals surface area (Å²) in [5.41, 5.74) is 0.550. The number of nitrogens with zero attached hydrogens (tertiary/aromatic N) is 3. The summed E-state index contributed by atoms with van der Waals surface area (Å²) in [5, 5.41) is 9.29. The number of benzene rings is 1. The molecule has 26 heavy (non-hydrogen) atoms. The normalized spacial score (nSPS) is 17.0. The van der Waals surface area contributed by atoms with Gasteiger partial charge < -0.3 is 19.6 Å². The predicted molar refractivity (Wildman–Crippen MR) is 98.3 cm³/mol. The summed E-state index contributed by atoms with van der Waals surface area (Å²) in [4.78, 5) is 31.2. The Balaban J connectivity index is 1.77. The lowest BCUT2D eigenvalue weighted by Crippen LogP contribution is -2.58. The van der Waals surface area contributed by atoms with Crippen molar-refractivity contribution >= 4 is 27.9 Å². The number of aromatic nitrogens is 1. The van der Waals surface area contributed by atoms with Gasteiger partial charge in [0, 0.05) is 35.9 Å². The van der Waals surface area contributed by atoms with Crippen molar-refractivity contribution in [3.8, 4) is 5.75 Å². The second kappa shape index (κ2) is 8.18. The molecule has 0 bridgehead atoms. The van der Waals surface area contributed by atoms with Crippen molar-refractivity contribution < 1.29 is 19.4 Å². The highest BCUT2D eigenvalue weighted by Crippen LogP contribution is 2.19. The molecule has 2 amide bonds. The fraction of sp³-hybridized carbons (Fsp3) is 0.278. The highest BCUT2D eigenvalue weighted by molar-refractivity contribution is 9.10. The monoisotopic (exact) mass is 419 g/mol. The molecule has 0 aliphatic carbocycles. The van der Waals surface area contributed by atoms with Gasteiger partial charge in [-0.3, -0.25) is 9.78 Å². The number of hydrogen-bond acceptors (Lipinski definition) is 4. The minimum atomic E-state index is -0.995. The summed E-state index contributed by atoms with van der Waals surface area (Å²) in [6.45, 7) is 0.988. The molecule has 1 N–H and O–H groups in total. The maximum absolute atomic E-state index is 12.9. The van der Waals surface area contributed by atoms with Crippen LogP contribution < -0.4 is 4.74 Å². The molecule has 8 heteroatoms. The lowest BCUT2D eigenvalue weighted by molar-refractivity contribution is 0.0340. The van der Waals surface area contributed by atoms with Crippen molar-refractivity contribution in [1.29, 1.82) is 0 Å². The van der Waals surface area contributed by atoms with E-state index < -0.39 is 6.09 Å². The van der Waals surface area contributed by atoms with E-state index in [1.165, 1.54) is 4.90 Å². The number of ether oxygens (including phenoxy) is 1. The molecule has 2 heterocycles. The Morgan fingerprint density at radius 2 is 2.12 bits per heavy atom. The van der Waals surface area contributed by atoms with Gasteiger partial charge >= 0.3 is 6.09 Å². The van der Waals surface area contributed by atoms with Crippen LogP contribution in [0.15, 0.2) is 53.3 Å². The Kier molecular flexibility index (Phi) is 5.72. The number of halogens is 1. The summed E-state index contributed by atoms with van der Waals surface area (Å²) in [6.07, 6.45) is 2.23. The number of carboxylic acid groups (broad SMARTS) is 1. The van der Waals surface area contributed by atoms with Gasteiger partial charge in [-0.2, -0.15) is 0 Å². The maximum Gasteiger partial charge on any atom is 0.407 e. The van der Waals surface area contributed by atoms with Crippen molar-refractivity contribution in [3.05, 3.63) is 58.8 Å². The zero-order chi connectivity index (χ0) is 18.5. The van der Waals surface area contributed by atoms with Gasteiger partial charge in [-0.05, 0) is 30.3 Å². The van der Waals surface area contributed by atoms with Crippen molar-refractivity contribution in [2.45, 2.75) is 6.04 Å². The summed E-state index contributed by atoms with van der Waals surface area (Å²) >= 11 is 3.37. The van der Waals surface area contributed by atoms with Gasteiger partial charge in [-0.15, -0.1) is 0 Å². The predicted octanol–water partition coefficient (Wildman–Crippen LogP) is 2.73. The van der Waals surface area contributed by atoms with Crippen LogP contribution in [0.4, 0.5) is 4.79 Å². The molecule has 2 aromatic rings. The van der Waals surface area contributed by atoms with Crippen molar-refractivity contribution in [3.63, 3.8) is 0 Å². The average Bonchev–Trinajstić information content (AvgIpc) is 2.66. The van der Waals surface area contributed by atoms with E-state index in [0.717, 1.165) is 4.47 Å². The number of amides is 2. The van der Waals surface area contributed by atoms with Crippen LogP contribution in [0, 0.1) is 0 Å². The number of pyridine rings is 1. The molecule has 1 aromatic heterocycles. The molecule has 1 unspecified atom stereocenters. The fourth-order valence-electron chi connectivity index (χ4n) is 2.85. The van der Waals surface area contributed by atoms with Gasteiger partial charge in [0.2, 0.25) is 0 Å². The zero-order valence-electron chi connectivity index (χ0n) is 13.9. The molecule has 7 nitrogen and oxygen atoms in total. The Labute approximate surface area is 159 Å². The maximum atomic E-state index is 12.9. The zero-order valence-corrected chi connectivity index (χ0v) is 15.5. The number of hydrogen-bond donors (Lipinski definition) is 1. The summed E-state index contributed by atoms with van der Waals surface area (Å²) < 4.78 is 6.54. The third kappa shape index (κ3) is 4.32. The largest absolute Gasteiger partial charge is 0.490 e. The molecular weight excluding hydrogens is 402 g/mol. The Morgan fingerprint density at radius 3 is 2.81 bits per heavy atom. The Hall–Kier alpha value is -2.61. The molecule has 0 radical (unpaired) electrons. The minimum Gasteiger partial charge on any atom is -0.490 e. The first kappa shape index (κ1) is 18.2. The van der Waals surface area contributed by atoms with E-state index in [2.05, 4.69) is 20.9 Å². The molecule has 3 rings (SSSR count). The van der Waals surface area contributed by atoms with Crippen LogP contribution in [-0.2, 0) is 0 Å². The topological polar surface area (TPSA) is 83.0 Å². The SMILES string of the molecule is O=C(O)N1CCN(C(=O)c2cccc(Br)c2)C(COc2cccnc2)C1. The van der Waals surface area contributed by atoms with Gasteiger partial charge in [-0.25, -0.2) is 4.79 Å². The van der Waals surface area contributed by atoms with E-state index in [9.17, 15) is 14.7 Å². The first-order valence-electron chi connectivity index (χ1n) is 8.12. The van der Waals surface area contributed by atoms with Crippen LogP contribution in [0.25, 0.3) is 0 Å². The summed E-state index contributed by atoms with van der Waals surface area (Å²) in [5.74, 6) is 0.436. The number of rotatable bonds is 4. The number of carbonyl (C=O) groups is 2. The quantitative estimate of drug-likeness (QED) is 0.823. The van der Waals surface area contributed by atoms with Crippen LogP contribution in [-0.4, -0.2) is 64.2 Å². The minimum absolute atomic E-state index is 0.142. The smallest absolute Gasteiger partial charge is 0.407 e. The highest BCUT2D eigenvalue weighted by Gasteiger charge is 2.33. The lowest BCUT2D eigenvalue weighted by Gasteiger charge is -2.40. The second-order valence-corrected chi connectivity index (χ2v) is 6.81. The van der Waals surface area contributed by atoms with E-state index in [1.807, 2.05) is 6.07 Å². The fourth-order valence-corrected chi connectivity index (χ4v) is 3.25. The molecule has 1 aliphatic rings. The highest BCUT2D eigenvalue weighted by atomic mass is 79.9.